The predicted molar refractivity (Wildman–Crippen MR) is 76.5 cm³/mol. The number of hydrogen-bond acceptors (Lipinski definition) is 6. The van der Waals surface area contributed by atoms with Crippen LogP contribution in [0, 0.1) is 19.9 Å². The van der Waals surface area contributed by atoms with E-state index in [1.807, 2.05) is 33.2 Å². The molecule has 1 aliphatic heterocycles. The Morgan fingerprint density at radius 1 is 1.14 bits per heavy atom. The van der Waals surface area contributed by atoms with Crippen molar-refractivity contribution >= 4 is 11.3 Å². The van der Waals surface area contributed by atoms with E-state index >= 15 is 0 Å². The largest absolute Gasteiger partial charge is 0.308 e. The molecule has 0 amide bonds. The zero-order valence-corrected chi connectivity index (χ0v) is 12.0. The molecular formula is C14H15FN6. The summed E-state index contributed by atoms with van der Waals surface area (Å²) in [6.45, 7) is 5.88. The molecule has 0 aliphatic carbocycles. The number of anilines is 1. The summed E-state index contributed by atoms with van der Waals surface area (Å²) in [5.74, 6) is 0.729. The van der Waals surface area contributed by atoms with Crippen molar-refractivity contribution in [1.29, 1.82) is 0 Å². The molecule has 3 heterocycles. The van der Waals surface area contributed by atoms with Crippen LogP contribution in [0.2, 0.25) is 0 Å². The van der Waals surface area contributed by atoms with Gasteiger partial charge in [-0.1, -0.05) is 0 Å². The van der Waals surface area contributed by atoms with E-state index in [0.29, 0.717) is 5.69 Å². The average Bonchev–Trinajstić information content (AvgIpc) is 2.84. The van der Waals surface area contributed by atoms with Gasteiger partial charge in [-0.25, -0.2) is 25.4 Å². The number of halogens is 1. The number of hydrazine groups is 1. The van der Waals surface area contributed by atoms with Gasteiger partial charge in [-0.3, -0.25) is 5.01 Å². The maximum atomic E-state index is 12.8. The number of rotatable bonds is 2. The summed E-state index contributed by atoms with van der Waals surface area (Å²) >= 11 is 0. The van der Waals surface area contributed by atoms with Gasteiger partial charge in [-0.15, -0.1) is 0 Å². The molecule has 1 aliphatic rings. The first-order valence-corrected chi connectivity index (χ1v) is 6.60. The second kappa shape index (κ2) is 5.17. The van der Waals surface area contributed by atoms with Crippen LogP contribution < -0.4 is 10.4 Å². The van der Waals surface area contributed by atoms with Crippen LogP contribution in [0.25, 0.3) is 5.57 Å². The van der Waals surface area contributed by atoms with Crippen molar-refractivity contribution in [2.24, 2.45) is 0 Å². The third-order valence-corrected chi connectivity index (χ3v) is 3.32. The van der Waals surface area contributed by atoms with Crippen molar-refractivity contribution in [3.05, 3.63) is 48.0 Å². The molecule has 6 nitrogen and oxygen atoms in total. The Labute approximate surface area is 121 Å². The molecule has 0 saturated carbocycles. The quantitative estimate of drug-likeness (QED) is 0.849. The first kappa shape index (κ1) is 13.6. The minimum atomic E-state index is -0.738. The fraction of sp³-hybridized carbons (Fsp3) is 0.286. The van der Waals surface area contributed by atoms with E-state index in [0.717, 1.165) is 22.7 Å². The second-order valence-electron chi connectivity index (χ2n) is 4.96. The van der Waals surface area contributed by atoms with Crippen molar-refractivity contribution in [2.75, 3.05) is 5.01 Å². The van der Waals surface area contributed by atoms with Gasteiger partial charge in [0.2, 0.25) is 0 Å². The fourth-order valence-corrected chi connectivity index (χ4v) is 2.23. The summed E-state index contributed by atoms with van der Waals surface area (Å²) in [4.78, 5) is 15.8. The lowest BCUT2D eigenvalue weighted by Gasteiger charge is -2.17. The SMILES string of the molecule is Cc1ncc(C)c(C2=CN(c3cnc(F)nc3)NC2C)n1. The predicted octanol–water partition coefficient (Wildman–Crippen LogP) is 1.78. The van der Waals surface area contributed by atoms with E-state index in [1.54, 1.807) is 5.01 Å². The van der Waals surface area contributed by atoms with Crippen LogP contribution in [0.5, 0.6) is 0 Å². The van der Waals surface area contributed by atoms with Gasteiger partial charge in [0.05, 0.1) is 29.8 Å². The third kappa shape index (κ3) is 2.59. The van der Waals surface area contributed by atoms with Crippen molar-refractivity contribution in [2.45, 2.75) is 26.8 Å². The van der Waals surface area contributed by atoms with Crippen molar-refractivity contribution in [1.82, 2.24) is 25.4 Å². The first-order valence-electron chi connectivity index (χ1n) is 6.60. The Kier molecular flexibility index (Phi) is 3.34. The Morgan fingerprint density at radius 2 is 1.86 bits per heavy atom. The molecule has 1 N–H and O–H groups in total. The lowest BCUT2D eigenvalue weighted by molar-refractivity contribution is 0.537. The van der Waals surface area contributed by atoms with Gasteiger partial charge >= 0.3 is 6.08 Å². The smallest absolute Gasteiger partial charge is 0.280 e. The summed E-state index contributed by atoms with van der Waals surface area (Å²) in [5.41, 5.74) is 6.90. The lowest BCUT2D eigenvalue weighted by Crippen LogP contribution is -2.34. The molecule has 0 radical (unpaired) electrons. The molecule has 2 aromatic heterocycles. The van der Waals surface area contributed by atoms with Gasteiger partial charge in [-0.2, -0.15) is 4.39 Å². The molecule has 0 spiro atoms. The monoisotopic (exact) mass is 286 g/mol. The zero-order valence-electron chi connectivity index (χ0n) is 12.0. The van der Waals surface area contributed by atoms with Gasteiger partial charge in [0, 0.05) is 18.0 Å². The molecule has 1 atom stereocenters. The topological polar surface area (TPSA) is 66.8 Å². The Bertz CT molecular complexity index is 697. The molecule has 7 heteroatoms. The van der Waals surface area contributed by atoms with Crippen LogP contribution in [0.1, 0.15) is 24.0 Å². The van der Waals surface area contributed by atoms with Gasteiger partial charge < -0.3 is 0 Å². The summed E-state index contributed by atoms with van der Waals surface area (Å²) in [6.07, 6.45) is 5.86. The summed E-state index contributed by atoms with van der Waals surface area (Å²) in [5, 5.41) is 1.77. The van der Waals surface area contributed by atoms with Crippen LogP contribution in [-0.4, -0.2) is 26.0 Å². The van der Waals surface area contributed by atoms with Crippen LogP contribution >= 0.6 is 0 Å². The maximum absolute atomic E-state index is 12.8. The summed E-state index contributed by atoms with van der Waals surface area (Å²) < 4.78 is 12.8. The lowest BCUT2D eigenvalue weighted by atomic mass is 10.0. The maximum Gasteiger partial charge on any atom is 0.308 e. The highest BCUT2D eigenvalue weighted by Crippen LogP contribution is 2.27. The highest BCUT2D eigenvalue weighted by atomic mass is 19.1. The van der Waals surface area contributed by atoms with E-state index in [-0.39, 0.29) is 6.04 Å². The minimum Gasteiger partial charge on any atom is -0.280 e. The van der Waals surface area contributed by atoms with Crippen LogP contribution in [0.4, 0.5) is 10.1 Å². The first-order chi connectivity index (χ1) is 10.0. The van der Waals surface area contributed by atoms with Crippen LogP contribution in [0.3, 0.4) is 0 Å². The normalized spacial score (nSPS) is 18.0. The van der Waals surface area contributed by atoms with E-state index in [1.165, 1.54) is 12.4 Å². The molecule has 21 heavy (non-hydrogen) atoms. The molecule has 0 fully saturated rings. The molecule has 2 aromatic rings. The average molecular weight is 286 g/mol. The van der Waals surface area contributed by atoms with E-state index in [9.17, 15) is 4.39 Å². The number of aromatic nitrogens is 4. The molecule has 3 rings (SSSR count). The standard InChI is InChI=1S/C14H15FN6/c1-8-4-16-10(3)19-13(8)12-7-21(20-9(12)2)11-5-17-14(15)18-6-11/h4-7,9,20H,1-3H3. The summed E-state index contributed by atoms with van der Waals surface area (Å²) in [6, 6.07) is 0.0723. The highest BCUT2D eigenvalue weighted by molar-refractivity contribution is 5.74. The number of nitrogens with zero attached hydrogens (tertiary/aromatic N) is 5. The van der Waals surface area contributed by atoms with Crippen molar-refractivity contribution < 1.29 is 4.39 Å². The number of hydrogen-bond donors (Lipinski definition) is 1. The molecule has 0 bridgehead atoms. The fourth-order valence-electron chi connectivity index (χ4n) is 2.23. The molecular weight excluding hydrogens is 271 g/mol. The Morgan fingerprint density at radius 3 is 2.57 bits per heavy atom. The van der Waals surface area contributed by atoms with Crippen LogP contribution in [-0.2, 0) is 0 Å². The van der Waals surface area contributed by atoms with E-state index in [2.05, 4.69) is 25.4 Å². The van der Waals surface area contributed by atoms with Crippen LogP contribution in [0.15, 0.2) is 24.8 Å². The molecule has 0 saturated heterocycles. The zero-order chi connectivity index (χ0) is 15.0. The Hall–Kier alpha value is -2.41. The van der Waals surface area contributed by atoms with Crippen molar-refractivity contribution in [3.63, 3.8) is 0 Å². The summed E-state index contributed by atoms with van der Waals surface area (Å²) in [7, 11) is 0. The van der Waals surface area contributed by atoms with Gasteiger partial charge in [0.25, 0.3) is 0 Å². The molecule has 1 unspecified atom stereocenters. The van der Waals surface area contributed by atoms with Gasteiger partial charge in [-0.05, 0) is 26.3 Å². The molecule has 0 aromatic carbocycles. The van der Waals surface area contributed by atoms with Crippen molar-refractivity contribution in [3.8, 4) is 0 Å². The molecule has 108 valence electrons. The van der Waals surface area contributed by atoms with E-state index < -0.39 is 6.08 Å². The number of aryl methyl sites for hydroxylation is 2. The van der Waals surface area contributed by atoms with Gasteiger partial charge in [0.1, 0.15) is 5.82 Å². The van der Waals surface area contributed by atoms with E-state index in [4.69, 9.17) is 0 Å². The van der Waals surface area contributed by atoms with Gasteiger partial charge in [0.15, 0.2) is 0 Å². The Balaban J connectivity index is 1.97. The number of nitrogens with one attached hydrogen (secondary N) is 1. The highest BCUT2D eigenvalue weighted by Gasteiger charge is 2.24. The second-order valence-corrected chi connectivity index (χ2v) is 4.96. The minimum absolute atomic E-state index is 0.0723. The third-order valence-electron chi connectivity index (χ3n) is 3.32.